The van der Waals surface area contributed by atoms with Gasteiger partial charge >= 0.3 is 5.97 Å². The third kappa shape index (κ3) is 4.62. The molecule has 0 aliphatic carbocycles. The van der Waals surface area contributed by atoms with Crippen molar-refractivity contribution in [1.29, 1.82) is 0 Å². The molecule has 0 saturated carbocycles. The molecule has 1 N–H and O–H groups in total. The highest BCUT2D eigenvalue weighted by molar-refractivity contribution is 5.95. The Morgan fingerprint density at radius 1 is 1.16 bits per heavy atom. The SMILES string of the molecule is CCCCCCOC(=O)C1=C(C)Nc2c(c(C(C)(C)C)nn2C)C1c1cccc(C)c1C. The molecule has 2 aromatic rings. The van der Waals surface area contributed by atoms with E-state index in [0.717, 1.165) is 47.6 Å². The van der Waals surface area contributed by atoms with E-state index in [-0.39, 0.29) is 17.3 Å². The number of unbranched alkanes of at least 4 members (excludes halogenated alkanes) is 3. The van der Waals surface area contributed by atoms with Crippen molar-refractivity contribution in [1.82, 2.24) is 9.78 Å². The van der Waals surface area contributed by atoms with E-state index >= 15 is 0 Å². The maximum absolute atomic E-state index is 13.5. The molecule has 1 aliphatic heterocycles. The summed E-state index contributed by atoms with van der Waals surface area (Å²) in [6.07, 6.45) is 4.32. The van der Waals surface area contributed by atoms with Crippen LogP contribution in [0.3, 0.4) is 0 Å². The summed E-state index contributed by atoms with van der Waals surface area (Å²) in [4.78, 5) is 13.5. The smallest absolute Gasteiger partial charge is 0.336 e. The van der Waals surface area contributed by atoms with Crippen LogP contribution < -0.4 is 5.32 Å². The quantitative estimate of drug-likeness (QED) is 0.408. The molecular weight excluding hydrogens is 398 g/mol. The van der Waals surface area contributed by atoms with Crippen molar-refractivity contribution in [3.63, 3.8) is 0 Å². The van der Waals surface area contributed by atoms with Crippen LogP contribution in [0.2, 0.25) is 0 Å². The van der Waals surface area contributed by atoms with E-state index in [9.17, 15) is 4.79 Å². The van der Waals surface area contributed by atoms with Gasteiger partial charge in [-0.2, -0.15) is 5.10 Å². The van der Waals surface area contributed by atoms with Crippen LogP contribution in [0, 0.1) is 13.8 Å². The molecule has 0 saturated heterocycles. The number of ether oxygens (including phenoxy) is 1. The lowest BCUT2D eigenvalue weighted by atomic mass is 9.75. The predicted molar refractivity (Wildman–Crippen MR) is 131 cm³/mol. The zero-order valence-corrected chi connectivity index (χ0v) is 21.1. The summed E-state index contributed by atoms with van der Waals surface area (Å²) in [5.74, 6) is 0.516. The van der Waals surface area contributed by atoms with Crippen LogP contribution in [0.4, 0.5) is 5.82 Å². The number of aryl methyl sites for hydroxylation is 2. The zero-order chi connectivity index (χ0) is 23.6. The Bertz CT molecular complexity index is 1020. The molecule has 3 rings (SSSR count). The summed E-state index contributed by atoms with van der Waals surface area (Å²) in [6.45, 7) is 15.4. The number of carbonyl (C=O) groups excluding carboxylic acids is 1. The third-order valence-electron chi connectivity index (χ3n) is 6.49. The normalized spacial score (nSPS) is 16.1. The largest absolute Gasteiger partial charge is 0.462 e. The molecule has 2 heterocycles. The zero-order valence-electron chi connectivity index (χ0n) is 21.1. The van der Waals surface area contributed by atoms with Crippen molar-refractivity contribution in [3.8, 4) is 0 Å². The average Bonchev–Trinajstić information content (AvgIpc) is 3.05. The summed E-state index contributed by atoms with van der Waals surface area (Å²) in [5.41, 5.74) is 7.02. The fourth-order valence-electron chi connectivity index (χ4n) is 4.56. The number of esters is 1. The van der Waals surface area contributed by atoms with E-state index in [1.165, 1.54) is 17.5 Å². The maximum Gasteiger partial charge on any atom is 0.336 e. The van der Waals surface area contributed by atoms with Gasteiger partial charge in [0.25, 0.3) is 0 Å². The molecule has 1 unspecified atom stereocenters. The number of anilines is 1. The number of hydrogen-bond acceptors (Lipinski definition) is 4. The predicted octanol–water partition coefficient (Wildman–Crippen LogP) is 6.29. The number of allylic oxidation sites excluding steroid dienone is 1. The first kappa shape index (κ1) is 24.1. The Morgan fingerprint density at radius 3 is 2.53 bits per heavy atom. The molecular formula is C27H39N3O2. The minimum Gasteiger partial charge on any atom is -0.462 e. The number of nitrogens with zero attached hydrogens (tertiary/aromatic N) is 2. The average molecular weight is 438 g/mol. The third-order valence-corrected chi connectivity index (χ3v) is 6.49. The monoisotopic (exact) mass is 437 g/mol. The second kappa shape index (κ2) is 9.51. The topological polar surface area (TPSA) is 56.1 Å². The van der Waals surface area contributed by atoms with Gasteiger partial charge in [0.15, 0.2) is 0 Å². The second-order valence-electron chi connectivity index (χ2n) is 10.1. The van der Waals surface area contributed by atoms with Crippen molar-refractivity contribution in [2.24, 2.45) is 7.05 Å². The minimum atomic E-state index is -0.230. The Balaban J connectivity index is 2.12. The number of rotatable bonds is 7. The lowest BCUT2D eigenvalue weighted by Gasteiger charge is -2.31. The van der Waals surface area contributed by atoms with Gasteiger partial charge in [0, 0.05) is 29.6 Å². The number of fused-ring (bicyclic) bond motifs is 1. The van der Waals surface area contributed by atoms with E-state index in [1.807, 2.05) is 18.7 Å². The van der Waals surface area contributed by atoms with E-state index < -0.39 is 0 Å². The van der Waals surface area contributed by atoms with Crippen molar-refractivity contribution in [2.75, 3.05) is 11.9 Å². The lowest BCUT2D eigenvalue weighted by Crippen LogP contribution is -2.27. The van der Waals surface area contributed by atoms with Gasteiger partial charge in [-0.1, -0.05) is 65.2 Å². The Morgan fingerprint density at radius 2 is 1.88 bits per heavy atom. The molecule has 0 fully saturated rings. The van der Waals surface area contributed by atoms with Crippen molar-refractivity contribution in [2.45, 2.75) is 85.5 Å². The Labute approximate surface area is 193 Å². The van der Waals surface area contributed by atoms with Crippen molar-refractivity contribution in [3.05, 3.63) is 57.4 Å². The fraction of sp³-hybridized carbons (Fsp3) is 0.556. The number of nitrogens with one attached hydrogen (secondary N) is 1. The van der Waals surface area contributed by atoms with Crippen LogP contribution in [0.5, 0.6) is 0 Å². The number of benzene rings is 1. The highest BCUT2D eigenvalue weighted by atomic mass is 16.5. The highest BCUT2D eigenvalue weighted by Crippen LogP contribution is 2.47. The number of carbonyl (C=O) groups is 1. The molecule has 0 amide bonds. The Kier molecular flexibility index (Phi) is 7.16. The molecule has 1 aromatic heterocycles. The molecule has 32 heavy (non-hydrogen) atoms. The van der Waals surface area contributed by atoms with Gasteiger partial charge in [0.2, 0.25) is 0 Å². The van der Waals surface area contributed by atoms with E-state index in [0.29, 0.717) is 12.2 Å². The van der Waals surface area contributed by atoms with Gasteiger partial charge < -0.3 is 10.1 Å². The highest BCUT2D eigenvalue weighted by Gasteiger charge is 2.40. The summed E-state index contributed by atoms with van der Waals surface area (Å²) in [7, 11) is 1.96. The first-order valence-corrected chi connectivity index (χ1v) is 11.9. The van der Waals surface area contributed by atoms with Crippen LogP contribution in [0.25, 0.3) is 0 Å². The standard InChI is InChI=1S/C27H39N3O2/c1-9-10-11-12-16-32-26(31)21-19(4)28-25-23(24(27(5,6)7)29-30(25)8)22(21)20-15-13-14-17(2)18(20)3/h13-15,22,28H,9-12,16H2,1-8H3. The van der Waals surface area contributed by atoms with Crippen LogP contribution in [-0.4, -0.2) is 22.4 Å². The fourth-order valence-corrected chi connectivity index (χ4v) is 4.56. The minimum absolute atomic E-state index is 0.163. The van der Waals surface area contributed by atoms with Crippen LogP contribution in [0.15, 0.2) is 29.5 Å². The van der Waals surface area contributed by atoms with Crippen LogP contribution in [0.1, 0.15) is 94.2 Å². The van der Waals surface area contributed by atoms with E-state index in [2.05, 4.69) is 65.1 Å². The van der Waals surface area contributed by atoms with Gasteiger partial charge in [0.05, 0.1) is 17.9 Å². The van der Waals surface area contributed by atoms with Gasteiger partial charge in [-0.05, 0) is 43.9 Å². The molecule has 1 aromatic carbocycles. The van der Waals surface area contributed by atoms with Crippen LogP contribution >= 0.6 is 0 Å². The van der Waals surface area contributed by atoms with Gasteiger partial charge in [-0.3, -0.25) is 4.68 Å². The maximum atomic E-state index is 13.5. The molecule has 174 valence electrons. The molecule has 0 spiro atoms. The van der Waals surface area contributed by atoms with Gasteiger partial charge in [-0.15, -0.1) is 0 Å². The van der Waals surface area contributed by atoms with Crippen LogP contribution in [-0.2, 0) is 22.0 Å². The first-order chi connectivity index (χ1) is 15.1. The van der Waals surface area contributed by atoms with Gasteiger partial charge in [0.1, 0.15) is 5.82 Å². The summed E-state index contributed by atoms with van der Waals surface area (Å²) in [6, 6.07) is 6.34. The van der Waals surface area contributed by atoms with Gasteiger partial charge in [-0.25, -0.2) is 4.79 Å². The van der Waals surface area contributed by atoms with Crippen molar-refractivity contribution < 1.29 is 9.53 Å². The molecule has 0 bridgehead atoms. The Hall–Kier alpha value is -2.56. The second-order valence-corrected chi connectivity index (χ2v) is 10.1. The summed E-state index contributed by atoms with van der Waals surface area (Å²) < 4.78 is 7.71. The molecule has 1 aliphatic rings. The van der Waals surface area contributed by atoms with E-state index in [1.54, 1.807) is 0 Å². The summed E-state index contributed by atoms with van der Waals surface area (Å²) in [5, 5.41) is 8.37. The number of aromatic nitrogens is 2. The summed E-state index contributed by atoms with van der Waals surface area (Å²) >= 11 is 0. The first-order valence-electron chi connectivity index (χ1n) is 11.9. The molecule has 5 heteroatoms. The molecule has 0 radical (unpaired) electrons. The number of hydrogen-bond donors (Lipinski definition) is 1. The van der Waals surface area contributed by atoms with Crippen molar-refractivity contribution >= 4 is 11.8 Å². The molecule has 5 nitrogen and oxygen atoms in total. The molecule has 1 atom stereocenters. The lowest BCUT2D eigenvalue weighted by molar-refractivity contribution is -0.139. The van der Waals surface area contributed by atoms with E-state index in [4.69, 9.17) is 9.84 Å².